The van der Waals surface area contributed by atoms with E-state index in [-0.39, 0.29) is 11.1 Å². The maximum absolute atomic E-state index is 3.55. The largest absolute Gasteiger partial charge is 0.250 e. The molecule has 0 unspecified atom stereocenters. The van der Waals surface area contributed by atoms with Gasteiger partial charge in [0.15, 0.2) is 0 Å². The summed E-state index contributed by atoms with van der Waals surface area (Å²) in [6, 6.07) is 0. The molecular weight excluding hydrogens is 184 g/mol. The smallest absolute Gasteiger partial charge is 0.0304 e. The molecule has 0 bridgehead atoms. The molecule has 1 fully saturated rings. The summed E-state index contributed by atoms with van der Waals surface area (Å²) >= 11 is 0. The number of hydrogen-bond acceptors (Lipinski definition) is 2. The molecule has 1 aliphatic rings. The summed E-state index contributed by atoms with van der Waals surface area (Å²) in [5.41, 5.74) is 4.08. The van der Waals surface area contributed by atoms with E-state index in [2.05, 4.69) is 57.2 Å². The van der Waals surface area contributed by atoms with E-state index in [1.54, 1.807) is 0 Å². The van der Waals surface area contributed by atoms with Crippen LogP contribution in [0, 0.1) is 0 Å². The zero-order valence-corrected chi connectivity index (χ0v) is 10.9. The molecule has 2 heteroatoms. The average molecular weight is 210 g/mol. The standard InChI is InChI=1S/C13H26N2/c1-6-7-11-14-15-12(2,3)9-8-10-13(15,4)5/h6-7,14H,8-11H2,1-5H3/b7-6+. The molecule has 0 aromatic heterocycles. The third kappa shape index (κ3) is 3.05. The maximum atomic E-state index is 3.55. The van der Waals surface area contributed by atoms with Gasteiger partial charge in [-0.15, -0.1) is 0 Å². The molecule has 2 nitrogen and oxygen atoms in total. The van der Waals surface area contributed by atoms with Crippen LogP contribution in [0.1, 0.15) is 53.9 Å². The first kappa shape index (κ1) is 12.7. The number of piperidine rings is 1. The van der Waals surface area contributed by atoms with Crippen molar-refractivity contribution in [3.05, 3.63) is 12.2 Å². The minimum absolute atomic E-state index is 0.267. The van der Waals surface area contributed by atoms with Gasteiger partial charge in [0, 0.05) is 17.6 Å². The highest BCUT2D eigenvalue weighted by molar-refractivity contribution is 4.95. The van der Waals surface area contributed by atoms with Gasteiger partial charge in [-0.25, -0.2) is 5.01 Å². The van der Waals surface area contributed by atoms with E-state index in [1.807, 2.05) is 0 Å². The summed E-state index contributed by atoms with van der Waals surface area (Å²) in [6.45, 7) is 12.3. The third-order valence-electron chi connectivity index (χ3n) is 3.39. The van der Waals surface area contributed by atoms with Gasteiger partial charge in [0.2, 0.25) is 0 Å². The molecule has 1 heterocycles. The predicted octanol–water partition coefficient (Wildman–Crippen LogP) is 3.11. The number of rotatable bonds is 3. The Kier molecular flexibility index (Phi) is 3.96. The molecule has 1 rings (SSSR count). The minimum Gasteiger partial charge on any atom is -0.250 e. The SMILES string of the molecule is C/C=C/CNN1C(C)(C)CCCC1(C)C. The molecular formula is C13H26N2. The molecule has 0 atom stereocenters. The summed E-state index contributed by atoms with van der Waals surface area (Å²) in [7, 11) is 0. The molecule has 15 heavy (non-hydrogen) atoms. The Labute approximate surface area is 94.7 Å². The fourth-order valence-corrected chi connectivity index (χ4v) is 2.69. The number of allylic oxidation sites excluding steroid dienone is 1. The number of hydrogen-bond donors (Lipinski definition) is 1. The van der Waals surface area contributed by atoms with Crippen molar-refractivity contribution in [1.29, 1.82) is 0 Å². The van der Waals surface area contributed by atoms with Gasteiger partial charge < -0.3 is 0 Å². The normalized spacial score (nSPS) is 25.9. The fourth-order valence-electron chi connectivity index (χ4n) is 2.69. The summed E-state index contributed by atoms with van der Waals surface area (Å²) in [5.74, 6) is 0. The van der Waals surface area contributed by atoms with Gasteiger partial charge >= 0.3 is 0 Å². The Bertz CT molecular complexity index is 213. The number of nitrogens with one attached hydrogen (secondary N) is 1. The molecule has 0 saturated carbocycles. The minimum atomic E-state index is 0.267. The molecule has 0 aromatic rings. The van der Waals surface area contributed by atoms with Gasteiger partial charge in [-0.05, 0) is 53.9 Å². The second kappa shape index (κ2) is 4.67. The van der Waals surface area contributed by atoms with Gasteiger partial charge in [-0.1, -0.05) is 12.2 Å². The van der Waals surface area contributed by atoms with Crippen LogP contribution in [0.2, 0.25) is 0 Å². The molecule has 1 N–H and O–H groups in total. The van der Waals surface area contributed by atoms with Crippen molar-refractivity contribution in [2.24, 2.45) is 0 Å². The summed E-state index contributed by atoms with van der Waals surface area (Å²) in [6.07, 6.45) is 8.15. The molecule has 1 aliphatic heterocycles. The second-order valence-corrected chi connectivity index (χ2v) is 5.75. The van der Waals surface area contributed by atoms with Crippen molar-refractivity contribution in [1.82, 2.24) is 10.4 Å². The van der Waals surface area contributed by atoms with Crippen LogP contribution in [0.4, 0.5) is 0 Å². The van der Waals surface area contributed by atoms with E-state index in [1.165, 1.54) is 19.3 Å². The second-order valence-electron chi connectivity index (χ2n) is 5.75. The molecule has 1 saturated heterocycles. The number of hydrazine groups is 1. The summed E-state index contributed by atoms with van der Waals surface area (Å²) < 4.78 is 0. The van der Waals surface area contributed by atoms with Crippen LogP contribution < -0.4 is 5.43 Å². The van der Waals surface area contributed by atoms with Crippen LogP contribution in [0.25, 0.3) is 0 Å². The lowest BCUT2D eigenvalue weighted by Crippen LogP contribution is -2.64. The van der Waals surface area contributed by atoms with E-state index in [0.717, 1.165) is 6.54 Å². The van der Waals surface area contributed by atoms with Crippen molar-refractivity contribution in [3.63, 3.8) is 0 Å². The van der Waals surface area contributed by atoms with Crippen molar-refractivity contribution >= 4 is 0 Å². The Hall–Kier alpha value is -0.340. The van der Waals surface area contributed by atoms with Gasteiger partial charge in [0.1, 0.15) is 0 Å². The van der Waals surface area contributed by atoms with Gasteiger partial charge in [-0.2, -0.15) is 0 Å². The van der Waals surface area contributed by atoms with E-state index in [4.69, 9.17) is 0 Å². The Morgan fingerprint density at radius 3 is 2.13 bits per heavy atom. The van der Waals surface area contributed by atoms with Crippen LogP contribution in [0.5, 0.6) is 0 Å². The summed E-state index contributed by atoms with van der Waals surface area (Å²) in [4.78, 5) is 0. The molecule has 0 spiro atoms. The molecule has 0 aromatic carbocycles. The van der Waals surface area contributed by atoms with Crippen molar-refractivity contribution in [2.75, 3.05) is 6.54 Å². The van der Waals surface area contributed by atoms with E-state index in [9.17, 15) is 0 Å². The first-order valence-corrected chi connectivity index (χ1v) is 6.05. The van der Waals surface area contributed by atoms with Gasteiger partial charge in [-0.3, -0.25) is 5.43 Å². The Balaban J connectivity index is 2.68. The van der Waals surface area contributed by atoms with Crippen molar-refractivity contribution in [2.45, 2.75) is 65.0 Å². The Morgan fingerprint density at radius 2 is 1.67 bits per heavy atom. The molecule has 0 radical (unpaired) electrons. The van der Waals surface area contributed by atoms with Crippen LogP contribution in [-0.2, 0) is 0 Å². The monoisotopic (exact) mass is 210 g/mol. The zero-order valence-electron chi connectivity index (χ0n) is 10.9. The molecule has 0 aliphatic carbocycles. The lowest BCUT2D eigenvalue weighted by molar-refractivity contribution is -0.0669. The maximum Gasteiger partial charge on any atom is 0.0304 e. The van der Waals surface area contributed by atoms with Crippen LogP contribution >= 0.6 is 0 Å². The highest BCUT2D eigenvalue weighted by Crippen LogP contribution is 2.36. The van der Waals surface area contributed by atoms with E-state index < -0.39 is 0 Å². The zero-order chi connectivity index (χ0) is 11.5. The highest BCUT2D eigenvalue weighted by atomic mass is 15.6. The average Bonchev–Trinajstić information content (AvgIpc) is 2.09. The first-order valence-electron chi connectivity index (χ1n) is 6.05. The fraction of sp³-hybridized carbons (Fsp3) is 0.846. The first-order chi connectivity index (χ1) is 6.90. The van der Waals surface area contributed by atoms with E-state index in [0.29, 0.717) is 0 Å². The van der Waals surface area contributed by atoms with Crippen LogP contribution in [0.15, 0.2) is 12.2 Å². The third-order valence-corrected chi connectivity index (χ3v) is 3.39. The predicted molar refractivity (Wildman–Crippen MR) is 66.7 cm³/mol. The lowest BCUT2D eigenvalue weighted by Gasteiger charge is -2.52. The number of nitrogens with zero attached hydrogens (tertiary/aromatic N) is 1. The van der Waals surface area contributed by atoms with Gasteiger partial charge in [0.25, 0.3) is 0 Å². The topological polar surface area (TPSA) is 15.3 Å². The summed E-state index contributed by atoms with van der Waals surface area (Å²) in [5, 5.41) is 2.45. The van der Waals surface area contributed by atoms with Gasteiger partial charge in [0.05, 0.1) is 0 Å². The Morgan fingerprint density at radius 1 is 1.13 bits per heavy atom. The highest BCUT2D eigenvalue weighted by Gasteiger charge is 2.40. The molecule has 88 valence electrons. The lowest BCUT2D eigenvalue weighted by atomic mass is 9.81. The van der Waals surface area contributed by atoms with Crippen LogP contribution in [-0.4, -0.2) is 22.6 Å². The van der Waals surface area contributed by atoms with Crippen molar-refractivity contribution < 1.29 is 0 Å². The quantitative estimate of drug-likeness (QED) is 0.720. The van der Waals surface area contributed by atoms with Crippen LogP contribution in [0.3, 0.4) is 0 Å². The molecule has 0 amide bonds. The van der Waals surface area contributed by atoms with E-state index >= 15 is 0 Å². The van der Waals surface area contributed by atoms with Crippen molar-refractivity contribution in [3.8, 4) is 0 Å².